The van der Waals surface area contributed by atoms with E-state index in [0.717, 1.165) is 28.0 Å². The number of aryl methyl sites for hydroxylation is 1. The van der Waals surface area contributed by atoms with Gasteiger partial charge in [-0.05, 0) is 67.5 Å². The van der Waals surface area contributed by atoms with E-state index < -0.39 is 15.4 Å². The molecule has 0 bridgehead atoms. The van der Waals surface area contributed by atoms with E-state index in [4.69, 9.17) is 25.7 Å². The highest BCUT2D eigenvalue weighted by Gasteiger charge is 2.48. The van der Waals surface area contributed by atoms with E-state index in [1.54, 1.807) is 23.5 Å². The number of benzene rings is 3. The van der Waals surface area contributed by atoms with Crippen molar-refractivity contribution in [3.8, 4) is 22.6 Å². The number of ether oxygens (including phenoxy) is 1. The van der Waals surface area contributed by atoms with Crippen molar-refractivity contribution in [1.82, 2.24) is 9.29 Å². The molecule has 5 rings (SSSR count). The van der Waals surface area contributed by atoms with Crippen molar-refractivity contribution in [2.45, 2.75) is 56.5 Å². The molecular weight excluding hydrogens is 560 g/mol. The minimum atomic E-state index is -3.52. The summed E-state index contributed by atoms with van der Waals surface area (Å²) in [6.07, 6.45) is 3.80. The van der Waals surface area contributed by atoms with Crippen molar-refractivity contribution in [2.24, 2.45) is 0 Å². The number of alkyl halides is 1. The fraction of sp³-hybridized carbons (Fsp3) is 0.344. The molecule has 1 aliphatic carbocycles. The van der Waals surface area contributed by atoms with Crippen LogP contribution >= 0.6 is 11.6 Å². The van der Waals surface area contributed by atoms with E-state index in [9.17, 15) is 13.5 Å². The Morgan fingerprint density at radius 3 is 2.51 bits per heavy atom. The number of hydrogen-bond donors (Lipinski definition) is 1. The number of aromatic hydroxyl groups is 1. The van der Waals surface area contributed by atoms with Crippen LogP contribution in [-0.2, 0) is 34.3 Å². The van der Waals surface area contributed by atoms with Crippen molar-refractivity contribution >= 4 is 21.6 Å². The number of methoxy groups -OCH3 is 1. The van der Waals surface area contributed by atoms with Crippen molar-refractivity contribution < 1.29 is 22.7 Å². The van der Waals surface area contributed by atoms with Gasteiger partial charge in [-0.1, -0.05) is 54.6 Å². The first-order valence-electron chi connectivity index (χ1n) is 13.6. The van der Waals surface area contributed by atoms with Crippen LogP contribution in [0.5, 0.6) is 11.5 Å². The largest absolute Gasteiger partial charge is 0.507 e. The number of oxazole rings is 1. The molecule has 0 radical (unpaired) electrons. The first kappa shape index (κ1) is 29.2. The molecule has 9 heteroatoms. The number of halogens is 1. The zero-order valence-corrected chi connectivity index (χ0v) is 25.1. The number of nitrogens with zero attached hydrogens (tertiary/aromatic N) is 2. The first-order chi connectivity index (χ1) is 19.6. The minimum Gasteiger partial charge on any atom is -0.507 e. The van der Waals surface area contributed by atoms with Gasteiger partial charge in [0.15, 0.2) is 0 Å². The number of rotatable bonds is 10. The minimum absolute atomic E-state index is 0.220. The molecule has 1 heterocycles. The zero-order valence-electron chi connectivity index (χ0n) is 23.5. The van der Waals surface area contributed by atoms with Gasteiger partial charge < -0.3 is 14.3 Å². The average Bonchev–Trinajstić information content (AvgIpc) is 3.56. The van der Waals surface area contributed by atoms with Gasteiger partial charge in [-0.25, -0.2) is 13.4 Å². The maximum Gasteiger partial charge on any atom is 0.211 e. The number of para-hydroxylation sites is 1. The molecule has 1 saturated carbocycles. The Kier molecular flexibility index (Phi) is 8.45. The molecule has 1 fully saturated rings. The van der Waals surface area contributed by atoms with E-state index in [2.05, 4.69) is 12.1 Å². The predicted molar refractivity (Wildman–Crippen MR) is 161 cm³/mol. The molecule has 0 saturated heterocycles. The summed E-state index contributed by atoms with van der Waals surface area (Å²) < 4.78 is 39.3. The highest BCUT2D eigenvalue weighted by atomic mass is 35.5. The predicted octanol–water partition coefficient (Wildman–Crippen LogP) is 6.60. The van der Waals surface area contributed by atoms with Crippen LogP contribution in [0.1, 0.15) is 47.7 Å². The van der Waals surface area contributed by atoms with Crippen LogP contribution < -0.4 is 4.74 Å². The number of aromatic nitrogens is 1. The number of sulfonamides is 1. The molecule has 0 spiro atoms. The SMILES string of the molecule is COc1ccc(CN([C@H]2CC[C@](Cc3cccc(-c4ccccc4O)c3)(c3nc(CCl)c(C)o3)C2)S(C)(=O)=O)cc1. The number of phenolic OH excluding ortho intramolecular Hbond substituents is 1. The van der Waals surface area contributed by atoms with Crippen LogP contribution in [0.3, 0.4) is 0 Å². The van der Waals surface area contributed by atoms with Gasteiger partial charge in [0.2, 0.25) is 15.9 Å². The van der Waals surface area contributed by atoms with Gasteiger partial charge in [0.1, 0.15) is 17.3 Å². The Balaban J connectivity index is 1.50. The zero-order chi connectivity index (χ0) is 29.2. The summed E-state index contributed by atoms with van der Waals surface area (Å²) in [6.45, 7) is 2.13. The van der Waals surface area contributed by atoms with Crippen LogP contribution in [0, 0.1) is 6.92 Å². The molecule has 2 atom stereocenters. The standard InChI is InChI=1S/C32H35ClN2O5S/c1-22-29(20-33)34-31(40-22)32(18-24-7-6-8-25(17-24)28-9-4-5-10-30(28)36)16-15-26(19-32)35(41(3,37)38)21-23-11-13-27(39-2)14-12-23/h4-14,17,26,36H,15-16,18-21H2,1-3H3/t26-,32+/m0/s1. The van der Waals surface area contributed by atoms with Crippen LogP contribution in [0.25, 0.3) is 11.1 Å². The molecule has 41 heavy (non-hydrogen) atoms. The van der Waals surface area contributed by atoms with Crippen molar-refractivity contribution in [3.63, 3.8) is 0 Å². The molecule has 7 nitrogen and oxygen atoms in total. The highest BCUT2D eigenvalue weighted by Crippen LogP contribution is 2.47. The fourth-order valence-corrected chi connectivity index (χ4v) is 7.29. The lowest BCUT2D eigenvalue weighted by Gasteiger charge is -2.30. The molecule has 4 aromatic rings. The Hall–Kier alpha value is -3.33. The van der Waals surface area contributed by atoms with Gasteiger partial charge >= 0.3 is 0 Å². The Labute approximate surface area is 246 Å². The lowest BCUT2D eigenvalue weighted by Crippen LogP contribution is -2.39. The molecule has 216 valence electrons. The van der Waals surface area contributed by atoms with Crippen LogP contribution in [-0.4, -0.2) is 42.2 Å². The van der Waals surface area contributed by atoms with E-state index >= 15 is 0 Å². The third kappa shape index (κ3) is 6.30. The summed E-state index contributed by atoms with van der Waals surface area (Å²) in [4.78, 5) is 4.81. The third-order valence-corrected chi connectivity index (χ3v) is 9.60. The summed E-state index contributed by atoms with van der Waals surface area (Å²) in [5.41, 5.74) is 3.78. The molecule has 0 aliphatic heterocycles. The van der Waals surface area contributed by atoms with Crippen molar-refractivity contribution in [3.05, 3.63) is 101 Å². The summed E-state index contributed by atoms with van der Waals surface area (Å²) in [6, 6.07) is 22.6. The second kappa shape index (κ2) is 11.9. The van der Waals surface area contributed by atoms with Crippen LogP contribution in [0.2, 0.25) is 0 Å². The molecule has 3 aromatic carbocycles. The van der Waals surface area contributed by atoms with Crippen molar-refractivity contribution in [1.29, 1.82) is 0 Å². The van der Waals surface area contributed by atoms with E-state index in [-0.39, 0.29) is 24.2 Å². The van der Waals surface area contributed by atoms with Gasteiger partial charge in [-0.15, -0.1) is 11.6 Å². The molecule has 0 unspecified atom stereocenters. The molecular formula is C32H35ClN2O5S. The van der Waals surface area contributed by atoms with Crippen LogP contribution in [0.4, 0.5) is 0 Å². The summed E-state index contributed by atoms with van der Waals surface area (Å²) in [7, 11) is -1.92. The maximum absolute atomic E-state index is 13.1. The monoisotopic (exact) mass is 594 g/mol. The molecule has 1 N–H and O–H groups in total. The lowest BCUT2D eigenvalue weighted by atomic mass is 9.79. The fourth-order valence-electron chi connectivity index (χ4n) is 5.94. The quantitative estimate of drug-likeness (QED) is 0.208. The normalized spacial score (nSPS) is 19.1. The van der Waals surface area contributed by atoms with Gasteiger partial charge in [-0.3, -0.25) is 0 Å². The molecule has 0 amide bonds. The van der Waals surface area contributed by atoms with Crippen LogP contribution in [0.15, 0.2) is 77.2 Å². The summed E-state index contributed by atoms with van der Waals surface area (Å²) in [5, 5.41) is 10.4. The van der Waals surface area contributed by atoms with Gasteiger partial charge in [-0.2, -0.15) is 4.31 Å². The topological polar surface area (TPSA) is 92.9 Å². The molecule has 1 aliphatic rings. The summed E-state index contributed by atoms with van der Waals surface area (Å²) >= 11 is 6.17. The second-order valence-electron chi connectivity index (χ2n) is 10.9. The molecule has 1 aromatic heterocycles. The lowest BCUT2D eigenvalue weighted by molar-refractivity contribution is 0.273. The maximum atomic E-state index is 13.1. The first-order valence-corrected chi connectivity index (χ1v) is 16.0. The third-order valence-electron chi connectivity index (χ3n) is 8.07. The summed E-state index contributed by atoms with van der Waals surface area (Å²) in [5.74, 6) is 2.46. The smallest absolute Gasteiger partial charge is 0.211 e. The van der Waals surface area contributed by atoms with E-state index in [1.807, 2.05) is 55.5 Å². The Morgan fingerprint density at radius 2 is 1.85 bits per heavy atom. The highest BCUT2D eigenvalue weighted by molar-refractivity contribution is 7.88. The van der Waals surface area contributed by atoms with Gasteiger partial charge in [0, 0.05) is 18.2 Å². The Morgan fingerprint density at radius 1 is 1.10 bits per heavy atom. The Bertz CT molecular complexity index is 1620. The van der Waals surface area contributed by atoms with Gasteiger partial charge in [0.05, 0.1) is 30.4 Å². The number of phenols is 1. The van der Waals surface area contributed by atoms with Gasteiger partial charge in [0.25, 0.3) is 0 Å². The second-order valence-corrected chi connectivity index (χ2v) is 13.1. The average molecular weight is 595 g/mol. The van der Waals surface area contributed by atoms with Crippen molar-refractivity contribution in [2.75, 3.05) is 13.4 Å². The number of hydrogen-bond acceptors (Lipinski definition) is 6. The van der Waals surface area contributed by atoms with E-state index in [0.29, 0.717) is 43.0 Å². The van der Waals surface area contributed by atoms with E-state index in [1.165, 1.54) is 6.26 Å².